The van der Waals surface area contributed by atoms with Crippen LogP contribution in [0.2, 0.25) is 0 Å². The normalized spacial score (nSPS) is 12.6. The largest absolute Gasteiger partial charge is 0.327 e. The predicted molar refractivity (Wildman–Crippen MR) is 75.3 cm³/mol. The van der Waals surface area contributed by atoms with Gasteiger partial charge in [0.25, 0.3) is 0 Å². The van der Waals surface area contributed by atoms with Gasteiger partial charge >= 0.3 is 0 Å². The summed E-state index contributed by atoms with van der Waals surface area (Å²) in [6.45, 7) is 4.04. The van der Waals surface area contributed by atoms with Crippen LogP contribution in [0.1, 0.15) is 30.8 Å². The molecule has 1 atom stereocenters. The van der Waals surface area contributed by atoms with E-state index < -0.39 is 0 Å². The first-order chi connectivity index (χ1) is 9.09. The minimum Gasteiger partial charge on any atom is -0.327 e. The molecule has 0 aliphatic heterocycles. The summed E-state index contributed by atoms with van der Waals surface area (Å²) in [5.74, 6) is 0.319. The number of nitrogens with zero attached hydrogens (tertiary/aromatic N) is 2. The summed E-state index contributed by atoms with van der Waals surface area (Å²) in [7, 11) is 0. The maximum Gasteiger partial charge on any atom is 0.182 e. The topological polar surface area (TPSA) is 60.9 Å². The van der Waals surface area contributed by atoms with Crippen molar-refractivity contribution in [2.24, 2.45) is 11.7 Å². The molecule has 0 aliphatic rings. The Balaban J connectivity index is 2.23. The molecule has 0 saturated carbocycles. The predicted octanol–water partition coefficient (Wildman–Crippen LogP) is 2.43. The molecule has 0 radical (unpaired) electrons. The van der Waals surface area contributed by atoms with Gasteiger partial charge in [0, 0.05) is 12.5 Å². The van der Waals surface area contributed by atoms with Crippen molar-refractivity contribution in [3.8, 4) is 5.69 Å². The van der Waals surface area contributed by atoms with Gasteiger partial charge in [0.05, 0.1) is 11.9 Å². The Morgan fingerprint density at radius 3 is 2.58 bits per heavy atom. The lowest BCUT2D eigenvalue weighted by atomic mass is 9.98. The van der Waals surface area contributed by atoms with E-state index in [0.717, 1.165) is 5.69 Å². The molecule has 0 aliphatic carbocycles. The number of hydrogen-bond acceptors (Lipinski definition) is 3. The lowest BCUT2D eigenvalue weighted by Gasteiger charge is -2.14. The van der Waals surface area contributed by atoms with Crippen LogP contribution in [0.3, 0.4) is 0 Å². The molecule has 2 N–H and O–H groups in total. The third-order valence-electron chi connectivity index (χ3n) is 3.21. The third kappa shape index (κ3) is 3.09. The second kappa shape index (κ2) is 5.80. The van der Waals surface area contributed by atoms with Gasteiger partial charge in [-0.25, -0.2) is 4.68 Å². The van der Waals surface area contributed by atoms with Gasteiger partial charge in [0.15, 0.2) is 5.78 Å². The van der Waals surface area contributed by atoms with E-state index in [1.807, 2.05) is 44.2 Å². The van der Waals surface area contributed by atoms with Gasteiger partial charge in [-0.15, -0.1) is 0 Å². The van der Waals surface area contributed by atoms with Crippen LogP contribution in [0, 0.1) is 5.92 Å². The Labute approximate surface area is 113 Å². The van der Waals surface area contributed by atoms with Crippen LogP contribution < -0.4 is 5.73 Å². The molecule has 19 heavy (non-hydrogen) atoms. The monoisotopic (exact) mass is 257 g/mol. The number of Topliss-reactive ketones (excluding diaryl/α,β-unsaturated/α-hetero) is 1. The van der Waals surface area contributed by atoms with E-state index in [4.69, 9.17) is 5.73 Å². The van der Waals surface area contributed by atoms with Crippen molar-refractivity contribution in [2.45, 2.75) is 26.3 Å². The number of ketones is 1. The molecule has 1 aromatic carbocycles. The van der Waals surface area contributed by atoms with Crippen molar-refractivity contribution < 1.29 is 4.79 Å². The van der Waals surface area contributed by atoms with E-state index in [0.29, 0.717) is 12.1 Å². The van der Waals surface area contributed by atoms with Gasteiger partial charge in [-0.3, -0.25) is 4.79 Å². The molecule has 0 saturated heterocycles. The van der Waals surface area contributed by atoms with Gasteiger partial charge in [-0.1, -0.05) is 32.0 Å². The highest BCUT2D eigenvalue weighted by Gasteiger charge is 2.18. The number of carbonyl (C=O) groups excluding carboxylic acids is 1. The fourth-order valence-electron chi connectivity index (χ4n) is 1.84. The molecule has 0 fully saturated rings. The number of carbonyl (C=O) groups is 1. The second-order valence-electron chi connectivity index (χ2n) is 5.00. The highest BCUT2D eigenvalue weighted by Crippen LogP contribution is 2.14. The third-order valence-corrected chi connectivity index (χ3v) is 3.21. The summed E-state index contributed by atoms with van der Waals surface area (Å²) in [5, 5.41) is 4.21. The maximum absolute atomic E-state index is 12.3. The van der Waals surface area contributed by atoms with Gasteiger partial charge in [-0.05, 0) is 24.1 Å². The van der Waals surface area contributed by atoms with Crippen LogP contribution >= 0.6 is 0 Å². The van der Waals surface area contributed by atoms with Gasteiger partial charge in [0.1, 0.15) is 5.69 Å². The summed E-state index contributed by atoms with van der Waals surface area (Å²) in [5.41, 5.74) is 7.43. The molecule has 4 heteroatoms. The van der Waals surface area contributed by atoms with Crippen molar-refractivity contribution in [3.63, 3.8) is 0 Å². The number of benzene rings is 1. The zero-order valence-corrected chi connectivity index (χ0v) is 11.3. The van der Waals surface area contributed by atoms with E-state index in [-0.39, 0.29) is 17.7 Å². The number of rotatable bonds is 5. The lowest BCUT2D eigenvalue weighted by molar-refractivity contribution is 0.0960. The van der Waals surface area contributed by atoms with Crippen molar-refractivity contribution in [1.82, 2.24) is 9.78 Å². The smallest absolute Gasteiger partial charge is 0.182 e. The average Bonchev–Trinajstić information content (AvgIpc) is 2.88. The van der Waals surface area contributed by atoms with Crippen LogP contribution in [0.4, 0.5) is 0 Å². The fraction of sp³-hybridized carbons (Fsp3) is 0.333. The average molecular weight is 257 g/mol. The first-order valence-electron chi connectivity index (χ1n) is 6.48. The molecular weight excluding hydrogens is 238 g/mol. The summed E-state index contributed by atoms with van der Waals surface area (Å²) < 4.78 is 1.66. The van der Waals surface area contributed by atoms with Crippen LogP contribution in [-0.2, 0) is 0 Å². The summed E-state index contributed by atoms with van der Waals surface area (Å²) in [4.78, 5) is 12.3. The molecule has 1 aromatic heterocycles. The van der Waals surface area contributed by atoms with E-state index in [2.05, 4.69) is 5.10 Å². The molecule has 2 aromatic rings. The van der Waals surface area contributed by atoms with E-state index >= 15 is 0 Å². The minimum absolute atomic E-state index is 0.0301. The first kappa shape index (κ1) is 13.5. The van der Waals surface area contributed by atoms with Crippen molar-refractivity contribution in [3.05, 3.63) is 48.3 Å². The molecule has 1 unspecified atom stereocenters. The van der Waals surface area contributed by atoms with Crippen molar-refractivity contribution in [2.75, 3.05) is 0 Å². The van der Waals surface area contributed by atoms with Gasteiger partial charge < -0.3 is 5.73 Å². The fourth-order valence-corrected chi connectivity index (χ4v) is 1.84. The molecule has 4 nitrogen and oxygen atoms in total. The highest BCUT2D eigenvalue weighted by atomic mass is 16.1. The van der Waals surface area contributed by atoms with Crippen LogP contribution in [0.25, 0.3) is 5.69 Å². The standard InChI is InChI=1S/C15H19N3O/c1-11(2)13(16)10-15(19)14-8-9-17-18(14)12-6-4-3-5-7-12/h3-9,11,13H,10,16H2,1-2H3. The number of hydrogen-bond donors (Lipinski definition) is 1. The van der Waals surface area contributed by atoms with E-state index in [1.165, 1.54) is 0 Å². The van der Waals surface area contributed by atoms with Crippen molar-refractivity contribution in [1.29, 1.82) is 0 Å². The highest BCUT2D eigenvalue weighted by molar-refractivity contribution is 5.95. The maximum atomic E-state index is 12.3. The molecule has 2 rings (SSSR count). The first-order valence-corrected chi connectivity index (χ1v) is 6.48. The summed E-state index contributed by atoms with van der Waals surface area (Å²) >= 11 is 0. The summed E-state index contributed by atoms with van der Waals surface area (Å²) in [6.07, 6.45) is 1.98. The Morgan fingerprint density at radius 1 is 1.26 bits per heavy atom. The van der Waals surface area contributed by atoms with E-state index in [9.17, 15) is 4.79 Å². The Morgan fingerprint density at radius 2 is 1.95 bits per heavy atom. The van der Waals surface area contributed by atoms with Gasteiger partial charge in [-0.2, -0.15) is 5.10 Å². The van der Waals surface area contributed by atoms with Crippen molar-refractivity contribution >= 4 is 5.78 Å². The molecule has 0 bridgehead atoms. The lowest BCUT2D eigenvalue weighted by Crippen LogP contribution is -2.29. The van der Waals surface area contributed by atoms with Gasteiger partial charge in [0.2, 0.25) is 0 Å². The Kier molecular flexibility index (Phi) is 4.12. The molecule has 0 amide bonds. The molecule has 1 heterocycles. The summed E-state index contributed by atoms with van der Waals surface area (Å²) in [6, 6.07) is 11.2. The van der Waals surface area contributed by atoms with Crippen LogP contribution in [0.5, 0.6) is 0 Å². The molecule has 0 spiro atoms. The van der Waals surface area contributed by atoms with E-state index in [1.54, 1.807) is 16.9 Å². The number of para-hydroxylation sites is 1. The zero-order valence-electron chi connectivity index (χ0n) is 11.3. The quantitative estimate of drug-likeness (QED) is 0.837. The Bertz CT molecular complexity index is 546. The molecule has 100 valence electrons. The SMILES string of the molecule is CC(C)C(N)CC(=O)c1ccnn1-c1ccccc1. The minimum atomic E-state index is -0.119. The second-order valence-corrected chi connectivity index (χ2v) is 5.00. The zero-order chi connectivity index (χ0) is 13.8. The number of nitrogens with two attached hydrogens (primary N) is 1. The Hall–Kier alpha value is -1.94. The number of aromatic nitrogens is 2. The van der Waals surface area contributed by atoms with Crippen LogP contribution in [0.15, 0.2) is 42.6 Å². The van der Waals surface area contributed by atoms with Crippen LogP contribution in [-0.4, -0.2) is 21.6 Å². The molecular formula is C15H19N3O.